The fraction of sp³-hybridized carbons (Fsp3) is 0.333. The molecular weight excluding hydrogens is 256 g/mol. The van der Waals surface area contributed by atoms with Gasteiger partial charge in [0, 0.05) is 5.69 Å². The molecule has 0 spiro atoms. The van der Waals surface area contributed by atoms with Crippen LogP contribution in [0, 0.1) is 0 Å². The van der Waals surface area contributed by atoms with Crippen LogP contribution in [0.5, 0.6) is 0 Å². The number of carbonyl (C=O) groups excluding carboxylic acids is 2. The Balaban J connectivity index is 0.00000162. The molecule has 0 radical (unpaired) electrons. The Morgan fingerprint density at radius 1 is 1.50 bits per heavy atom. The lowest BCUT2D eigenvalue weighted by molar-refractivity contribution is -0.140. The zero-order valence-electron chi connectivity index (χ0n) is 9.96. The largest absolute Gasteiger partial charge is 0.468 e. The average Bonchev–Trinajstić information content (AvgIpc) is 2.34. The molecule has 1 heterocycles. The minimum Gasteiger partial charge on any atom is -0.468 e. The van der Waals surface area contributed by atoms with E-state index in [1.807, 2.05) is 24.3 Å². The number of amides is 1. The van der Waals surface area contributed by atoms with E-state index in [4.69, 9.17) is 5.73 Å². The number of benzene rings is 1. The number of hydrogen-bond acceptors (Lipinski definition) is 4. The molecular formula is C12H15ClN2O3. The van der Waals surface area contributed by atoms with Crippen molar-refractivity contribution in [3.8, 4) is 0 Å². The number of fused-ring (bicyclic) bond motifs is 1. The summed E-state index contributed by atoms with van der Waals surface area (Å²) >= 11 is 0. The third kappa shape index (κ3) is 2.63. The molecule has 2 rings (SSSR count). The summed E-state index contributed by atoms with van der Waals surface area (Å²) in [6.45, 7) is -0.0972. The standard InChI is InChI=1S/C12H14N2O3.ClH/c1-17-11(15)7-14-10-5-3-2-4-8(10)6-9(13)12(14)16;/h2-5,9H,6-7,13H2,1H3;1H/t9-;/m1./s1. The van der Waals surface area contributed by atoms with E-state index in [2.05, 4.69) is 4.74 Å². The smallest absolute Gasteiger partial charge is 0.325 e. The van der Waals surface area contributed by atoms with Crippen LogP contribution in [0.2, 0.25) is 0 Å². The van der Waals surface area contributed by atoms with Crippen LogP contribution in [0.15, 0.2) is 24.3 Å². The molecule has 98 valence electrons. The highest BCUT2D eigenvalue weighted by atomic mass is 35.5. The monoisotopic (exact) mass is 270 g/mol. The van der Waals surface area contributed by atoms with Gasteiger partial charge >= 0.3 is 5.97 Å². The van der Waals surface area contributed by atoms with Crippen molar-refractivity contribution in [3.63, 3.8) is 0 Å². The Hall–Kier alpha value is -1.59. The van der Waals surface area contributed by atoms with Gasteiger partial charge in [0.1, 0.15) is 6.54 Å². The van der Waals surface area contributed by atoms with E-state index in [-0.39, 0.29) is 24.9 Å². The Morgan fingerprint density at radius 2 is 2.17 bits per heavy atom. The van der Waals surface area contributed by atoms with Gasteiger partial charge in [0.25, 0.3) is 0 Å². The number of nitrogens with zero attached hydrogens (tertiary/aromatic N) is 1. The van der Waals surface area contributed by atoms with Crippen molar-refractivity contribution in [3.05, 3.63) is 29.8 Å². The number of para-hydroxylation sites is 1. The maximum absolute atomic E-state index is 11.9. The topological polar surface area (TPSA) is 72.6 Å². The molecule has 0 unspecified atom stereocenters. The molecule has 18 heavy (non-hydrogen) atoms. The van der Waals surface area contributed by atoms with Crippen molar-refractivity contribution in [2.75, 3.05) is 18.6 Å². The average molecular weight is 271 g/mol. The predicted molar refractivity (Wildman–Crippen MR) is 69.7 cm³/mol. The maximum Gasteiger partial charge on any atom is 0.325 e. The number of hydrogen-bond donors (Lipinski definition) is 1. The van der Waals surface area contributed by atoms with Crippen molar-refractivity contribution >= 4 is 30.0 Å². The van der Waals surface area contributed by atoms with Gasteiger partial charge < -0.3 is 10.5 Å². The molecule has 6 heteroatoms. The second kappa shape index (κ2) is 5.84. The first kappa shape index (κ1) is 14.5. The van der Waals surface area contributed by atoms with Gasteiger partial charge in [-0.15, -0.1) is 12.4 Å². The Bertz CT molecular complexity index is 464. The van der Waals surface area contributed by atoms with Gasteiger partial charge in [-0.3, -0.25) is 14.5 Å². The molecule has 0 aromatic heterocycles. The van der Waals surface area contributed by atoms with Gasteiger partial charge in [0.05, 0.1) is 13.2 Å². The lowest BCUT2D eigenvalue weighted by Crippen LogP contribution is -2.50. The molecule has 0 bridgehead atoms. The minimum atomic E-state index is -0.588. The van der Waals surface area contributed by atoms with Crippen LogP contribution in [0.1, 0.15) is 5.56 Å². The summed E-state index contributed by atoms with van der Waals surface area (Å²) in [4.78, 5) is 24.6. The van der Waals surface area contributed by atoms with Crippen LogP contribution in [-0.2, 0) is 20.7 Å². The SMILES string of the molecule is COC(=O)CN1C(=O)[C@H](N)Cc2ccccc21.Cl. The van der Waals surface area contributed by atoms with Crippen LogP contribution in [0.4, 0.5) is 5.69 Å². The normalized spacial score (nSPS) is 17.8. The summed E-state index contributed by atoms with van der Waals surface area (Å²) < 4.78 is 4.58. The maximum atomic E-state index is 11.9. The van der Waals surface area contributed by atoms with Crippen LogP contribution >= 0.6 is 12.4 Å². The number of esters is 1. The van der Waals surface area contributed by atoms with Crippen molar-refractivity contribution < 1.29 is 14.3 Å². The number of rotatable bonds is 2. The second-order valence-corrected chi connectivity index (χ2v) is 3.94. The summed E-state index contributed by atoms with van der Waals surface area (Å²) in [5.41, 5.74) is 7.47. The zero-order valence-corrected chi connectivity index (χ0v) is 10.8. The van der Waals surface area contributed by atoms with Gasteiger partial charge in [0.15, 0.2) is 0 Å². The van der Waals surface area contributed by atoms with Crippen molar-refractivity contribution in [1.29, 1.82) is 0 Å². The van der Waals surface area contributed by atoms with Crippen LogP contribution in [-0.4, -0.2) is 31.6 Å². The van der Waals surface area contributed by atoms with Crippen LogP contribution < -0.4 is 10.6 Å². The van der Waals surface area contributed by atoms with E-state index in [9.17, 15) is 9.59 Å². The number of halogens is 1. The van der Waals surface area contributed by atoms with E-state index in [1.54, 1.807) is 0 Å². The third-order valence-electron chi connectivity index (χ3n) is 2.82. The zero-order chi connectivity index (χ0) is 12.4. The van der Waals surface area contributed by atoms with Gasteiger partial charge in [0.2, 0.25) is 5.91 Å². The second-order valence-electron chi connectivity index (χ2n) is 3.94. The fourth-order valence-corrected chi connectivity index (χ4v) is 1.95. The number of carbonyl (C=O) groups is 2. The molecule has 1 amide bonds. The van der Waals surface area contributed by atoms with Gasteiger partial charge in [-0.2, -0.15) is 0 Å². The Morgan fingerprint density at radius 3 is 2.83 bits per heavy atom. The van der Waals surface area contributed by atoms with E-state index in [1.165, 1.54) is 12.0 Å². The van der Waals surface area contributed by atoms with Gasteiger partial charge in [-0.25, -0.2) is 0 Å². The Kier molecular flexibility index (Phi) is 4.69. The number of methoxy groups -OCH3 is 1. The first-order valence-electron chi connectivity index (χ1n) is 5.35. The van der Waals surface area contributed by atoms with Crippen molar-refractivity contribution in [2.45, 2.75) is 12.5 Å². The predicted octanol–water partition coefficient (Wildman–Crippen LogP) is 0.498. The molecule has 1 aromatic rings. The quantitative estimate of drug-likeness (QED) is 0.794. The number of nitrogens with two attached hydrogens (primary N) is 1. The van der Waals surface area contributed by atoms with E-state index in [0.717, 1.165) is 11.3 Å². The highest BCUT2D eigenvalue weighted by Crippen LogP contribution is 2.26. The molecule has 1 aliphatic rings. The summed E-state index contributed by atoms with van der Waals surface area (Å²) in [7, 11) is 1.29. The van der Waals surface area contributed by atoms with E-state index >= 15 is 0 Å². The van der Waals surface area contributed by atoms with E-state index in [0.29, 0.717) is 6.42 Å². The number of ether oxygens (including phenoxy) is 1. The Labute approximate surface area is 111 Å². The van der Waals surface area contributed by atoms with E-state index < -0.39 is 12.0 Å². The first-order chi connectivity index (χ1) is 8.13. The molecule has 1 aromatic carbocycles. The summed E-state index contributed by atoms with van der Waals surface area (Å²) in [5.74, 6) is -0.698. The molecule has 2 N–H and O–H groups in total. The first-order valence-corrected chi connectivity index (χ1v) is 5.35. The third-order valence-corrected chi connectivity index (χ3v) is 2.82. The lowest BCUT2D eigenvalue weighted by Gasteiger charge is -2.31. The molecule has 5 nitrogen and oxygen atoms in total. The van der Waals surface area contributed by atoms with Gasteiger partial charge in [-0.1, -0.05) is 18.2 Å². The lowest BCUT2D eigenvalue weighted by atomic mass is 9.98. The van der Waals surface area contributed by atoms with Crippen LogP contribution in [0.25, 0.3) is 0 Å². The van der Waals surface area contributed by atoms with Crippen LogP contribution in [0.3, 0.4) is 0 Å². The van der Waals surface area contributed by atoms with Crippen molar-refractivity contribution in [1.82, 2.24) is 0 Å². The van der Waals surface area contributed by atoms with Crippen molar-refractivity contribution in [2.24, 2.45) is 5.73 Å². The summed E-state index contributed by atoms with van der Waals surface area (Å²) in [5, 5.41) is 0. The number of anilines is 1. The molecule has 1 atom stereocenters. The highest BCUT2D eigenvalue weighted by Gasteiger charge is 2.31. The fourth-order valence-electron chi connectivity index (χ4n) is 1.95. The summed E-state index contributed by atoms with van der Waals surface area (Å²) in [6, 6.07) is 6.84. The molecule has 0 saturated carbocycles. The van der Waals surface area contributed by atoms with Gasteiger partial charge in [-0.05, 0) is 18.1 Å². The highest BCUT2D eigenvalue weighted by molar-refractivity contribution is 6.03. The summed E-state index contributed by atoms with van der Waals surface area (Å²) in [6.07, 6.45) is 0.507. The minimum absolute atomic E-state index is 0. The molecule has 0 saturated heterocycles. The molecule has 0 fully saturated rings. The molecule has 1 aliphatic heterocycles. The molecule has 0 aliphatic carbocycles.